The van der Waals surface area contributed by atoms with E-state index >= 15 is 0 Å². The lowest BCUT2D eigenvalue weighted by Gasteiger charge is -2.35. The number of hydrogen-bond donors (Lipinski definition) is 1. The number of fused-ring (bicyclic) bond motifs is 3. The first-order valence-electron chi connectivity index (χ1n) is 11.6. The number of aromatic amines is 1. The van der Waals surface area contributed by atoms with Crippen molar-refractivity contribution in [2.24, 2.45) is 0 Å². The van der Waals surface area contributed by atoms with Crippen LogP contribution < -0.4 is 4.74 Å². The first-order chi connectivity index (χ1) is 16.1. The number of hydrogen-bond acceptors (Lipinski definition) is 3. The Morgan fingerprint density at radius 1 is 1.12 bits per heavy atom. The summed E-state index contributed by atoms with van der Waals surface area (Å²) >= 11 is 12.0. The molecule has 176 valence electrons. The average molecular weight is 489 g/mol. The minimum atomic E-state index is -0.304. The zero-order valence-electron chi connectivity index (χ0n) is 18.9. The van der Waals surface area contributed by atoms with Gasteiger partial charge in [-0.15, -0.1) is 11.6 Å². The van der Waals surface area contributed by atoms with Crippen LogP contribution in [0.15, 0.2) is 42.5 Å². The van der Waals surface area contributed by atoms with E-state index in [0.29, 0.717) is 24.8 Å². The molecule has 3 aromatic rings. The zero-order chi connectivity index (χ0) is 23.2. The third kappa shape index (κ3) is 5.42. The second kappa shape index (κ2) is 11.2. The van der Waals surface area contributed by atoms with Gasteiger partial charge in [0.2, 0.25) is 0 Å². The van der Waals surface area contributed by atoms with Gasteiger partial charge >= 0.3 is 6.09 Å². The van der Waals surface area contributed by atoms with Gasteiger partial charge in [-0.2, -0.15) is 0 Å². The van der Waals surface area contributed by atoms with Crippen molar-refractivity contribution in [1.82, 2.24) is 9.88 Å². The fourth-order valence-electron chi connectivity index (χ4n) is 4.50. The Labute approximate surface area is 205 Å². The lowest BCUT2D eigenvalue weighted by molar-refractivity contribution is 0.0932. The molecular formula is C26H30Cl2N2O3. The summed E-state index contributed by atoms with van der Waals surface area (Å²) in [4.78, 5) is 18.2. The molecule has 0 saturated carbocycles. The highest BCUT2D eigenvalue weighted by Crippen LogP contribution is 2.39. The molecule has 1 unspecified atom stereocenters. The van der Waals surface area contributed by atoms with Gasteiger partial charge in [-0.3, -0.25) is 4.90 Å². The van der Waals surface area contributed by atoms with Crippen LogP contribution in [-0.2, 0) is 11.2 Å². The number of unbranched alkanes of at least 4 members (excludes halogenated alkanes) is 3. The van der Waals surface area contributed by atoms with E-state index in [9.17, 15) is 4.79 Å². The Morgan fingerprint density at radius 2 is 1.91 bits per heavy atom. The van der Waals surface area contributed by atoms with Gasteiger partial charge in [0.05, 0.1) is 13.2 Å². The van der Waals surface area contributed by atoms with Crippen molar-refractivity contribution in [1.29, 1.82) is 0 Å². The van der Waals surface area contributed by atoms with Crippen molar-refractivity contribution in [3.05, 3.63) is 64.3 Å². The molecule has 0 spiro atoms. The topological polar surface area (TPSA) is 54.6 Å². The normalized spacial score (nSPS) is 15.5. The number of amides is 1. The molecule has 33 heavy (non-hydrogen) atoms. The first-order valence-corrected chi connectivity index (χ1v) is 12.6. The number of alkyl halides is 1. The van der Waals surface area contributed by atoms with Gasteiger partial charge in [-0.05, 0) is 67.6 Å². The van der Waals surface area contributed by atoms with Gasteiger partial charge < -0.3 is 14.5 Å². The highest BCUT2D eigenvalue weighted by Gasteiger charge is 2.35. The van der Waals surface area contributed by atoms with Crippen LogP contribution in [0.4, 0.5) is 4.79 Å². The van der Waals surface area contributed by atoms with E-state index in [0.717, 1.165) is 65.9 Å². The van der Waals surface area contributed by atoms with E-state index in [4.69, 9.17) is 32.7 Å². The summed E-state index contributed by atoms with van der Waals surface area (Å²) in [5.74, 6) is 1.55. The molecule has 0 saturated heterocycles. The van der Waals surface area contributed by atoms with Crippen molar-refractivity contribution in [3.63, 3.8) is 0 Å². The smallest absolute Gasteiger partial charge is 0.410 e. The van der Waals surface area contributed by atoms with Crippen molar-refractivity contribution < 1.29 is 14.3 Å². The maximum atomic E-state index is 12.8. The average Bonchev–Trinajstić information content (AvgIpc) is 3.19. The molecule has 1 aromatic heterocycles. The fourth-order valence-corrected chi connectivity index (χ4v) is 4.86. The maximum Gasteiger partial charge on any atom is 0.410 e. The zero-order valence-corrected chi connectivity index (χ0v) is 20.4. The number of carbonyl (C=O) groups excluding carboxylic acids is 1. The summed E-state index contributed by atoms with van der Waals surface area (Å²) in [7, 11) is 0. The van der Waals surface area contributed by atoms with Gasteiger partial charge in [0.1, 0.15) is 11.8 Å². The van der Waals surface area contributed by atoms with E-state index in [1.165, 1.54) is 5.56 Å². The van der Waals surface area contributed by atoms with Gasteiger partial charge in [0, 0.05) is 34.0 Å². The quantitative estimate of drug-likeness (QED) is 0.258. The molecular weight excluding hydrogens is 459 g/mol. The highest BCUT2D eigenvalue weighted by molar-refractivity contribution is 6.31. The molecule has 5 nitrogen and oxygen atoms in total. The molecule has 4 rings (SSSR count). The summed E-state index contributed by atoms with van der Waals surface area (Å²) in [6.07, 6.45) is 4.76. The Balaban J connectivity index is 1.58. The van der Waals surface area contributed by atoms with Crippen LogP contribution in [0, 0.1) is 0 Å². The van der Waals surface area contributed by atoms with Crippen LogP contribution >= 0.6 is 23.2 Å². The number of halogens is 2. The minimum Gasteiger partial charge on any atom is -0.494 e. The molecule has 0 bridgehead atoms. The lowest BCUT2D eigenvalue weighted by Crippen LogP contribution is -2.40. The number of nitrogens with one attached hydrogen (secondary N) is 1. The molecule has 0 radical (unpaired) electrons. The molecule has 1 aliphatic rings. The third-order valence-electron chi connectivity index (χ3n) is 6.08. The predicted octanol–water partition coefficient (Wildman–Crippen LogP) is 7.10. The van der Waals surface area contributed by atoms with Gasteiger partial charge in [-0.25, -0.2) is 4.79 Å². The number of H-pyrrole nitrogens is 1. The number of aromatic nitrogens is 1. The molecule has 0 aliphatic carbocycles. The molecule has 0 fully saturated rings. The highest BCUT2D eigenvalue weighted by atomic mass is 35.5. The molecule has 1 N–H and O–H groups in total. The second-order valence-corrected chi connectivity index (χ2v) is 9.09. The molecule has 1 atom stereocenters. The Hall–Kier alpha value is -2.37. The van der Waals surface area contributed by atoms with Crippen LogP contribution in [0.3, 0.4) is 0 Å². The van der Waals surface area contributed by atoms with Gasteiger partial charge in [0.25, 0.3) is 0 Å². The standard InChI is InChI=1S/C26H30Cl2N2O3/c1-2-32-26(31)30-15-13-21-22-17-19(28)9-12-23(22)29-24(21)25(30)18-7-10-20(11-8-18)33-16-6-4-3-5-14-27/h7-12,17,25,29H,2-6,13-16H2,1H3. The number of rotatable bonds is 9. The van der Waals surface area contributed by atoms with E-state index < -0.39 is 0 Å². The summed E-state index contributed by atoms with van der Waals surface area (Å²) in [6.45, 7) is 3.44. The van der Waals surface area contributed by atoms with E-state index in [-0.39, 0.29) is 12.1 Å². The van der Waals surface area contributed by atoms with Gasteiger partial charge in [0.15, 0.2) is 0 Å². The van der Waals surface area contributed by atoms with E-state index in [2.05, 4.69) is 4.98 Å². The van der Waals surface area contributed by atoms with Crippen LogP contribution in [0.25, 0.3) is 10.9 Å². The summed E-state index contributed by atoms with van der Waals surface area (Å²) < 4.78 is 11.3. The number of nitrogens with zero attached hydrogens (tertiary/aromatic N) is 1. The van der Waals surface area contributed by atoms with Crippen LogP contribution in [-0.4, -0.2) is 41.6 Å². The van der Waals surface area contributed by atoms with E-state index in [1.807, 2.05) is 49.4 Å². The summed E-state index contributed by atoms with van der Waals surface area (Å²) in [5.41, 5.74) is 4.25. The maximum absolute atomic E-state index is 12.8. The third-order valence-corrected chi connectivity index (χ3v) is 6.59. The number of ether oxygens (including phenoxy) is 2. The SMILES string of the molecule is CCOC(=O)N1CCc2c([nH]c3ccc(Cl)cc23)C1c1ccc(OCCCCCCCl)cc1. The van der Waals surface area contributed by atoms with E-state index in [1.54, 1.807) is 4.90 Å². The lowest BCUT2D eigenvalue weighted by atomic mass is 9.92. The first kappa shape index (κ1) is 23.8. The molecule has 7 heteroatoms. The Kier molecular flexibility index (Phi) is 8.05. The fraction of sp³-hybridized carbons (Fsp3) is 0.423. The molecule has 1 amide bonds. The number of benzene rings is 2. The van der Waals surface area contributed by atoms with Crippen molar-refractivity contribution >= 4 is 40.2 Å². The Bertz CT molecular complexity index is 1080. The molecule has 2 aromatic carbocycles. The van der Waals surface area contributed by atoms with Gasteiger partial charge in [-0.1, -0.05) is 36.6 Å². The molecule has 2 heterocycles. The molecule has 1 aliphatic heterocycles. The minimum absolute atomic E-state index is 0.261. The van der Waals surface area contributed by atoms with Crippen molar-refractivity contribution in [2.45, 2.75) is 45.1 Å². The van der Waals surface area contributed by atoms with Crippen LogP contribution in [0.5, 0.6) is 5.75 Å². The Morgan fingerprint density at radius 3 is 2.67 bits per heavy atom. The second-order valence-electron chi connectivity index (χ2n) is 8.27. The number of carbonyl (C=O) groups is 1. The largest absolute Gasteiger partial charge is 0.494 e. The van der Waals surface area contributed by atoms with Crippen LogP contribution in [0.2, 0.25) is 5.02 Å². The van der Waals surface area contributed by atoms with Crippen molar-refractivity contribution in [2.75, 3.05) is 25.6 Å². The predicted molar refractivity (Wildman–Crippen MR) is 134 cm³/mol. The monoisotopic (exact) mass is 488 g/mol. The summed E-state index contributed by atoms with van der Waals surface area (Å²) in [5, 5.41) is 1.82. The van der Waals surface area contributed by atoms with Crippen LogP contribution in [0.1, 0.15) is 55.5 Å². The summed E-state index contributed by atoms with van der Waals surface area (Å²) in [6, 6.07) is 13.6. The van der Waals surface area contributed by atoms with Crippen molar-refractivity contribution in [3.8, 4) is 5.75 Å².